The summed E-state index contributed by atoms with van der Waals surface area (Å²) in [5, 5.41) is 10.4. The Kier molecular flexibility index (Phi) is 4.72. The van der Waals surface area contributed by atoms with Crippen molar-refractivity contribution in [1.82, 2.24) is 0 Å². The third-order valence-corrected chi connectivity index (χ3v) is 3.99. The summed E-state index contributed by atoms with van der Waals surface area (Å²) in [6, 6.07) is 12.4. The molecule has 0 aliphatic heterocycles. The van der Waals surface area contributed by atoms with E-state index in [1.807, 2.05) is 24.3 Å². The molecule has 2 rings (SSSR count). The predicted molar refractivity (Wildman–Crippen MR) is 78.6 cm³/mol. The molecule has 1 atom stereocenters. The van der Waals surface area contributed by atoms with E-state index in [2.05, 4.69) is 22.9 Å². The summed E-state index contributed by atoms with van der Waals surface area (Å²) >= 11 is 3.39. The topological polar surface area (TPSA) is 20.2 Å². The van der Waals surface area contributed by atoms with Gasteiger partial charge in [0.2, 0.25) is 0 Å². The molecule has 0 amide bonds. The van der Waals surface area contributed by atoms with Crippen molar-refractivity contribution in [2.45, 2.75) is 25.9 Å². The minimum atomic E-state index is -0.616. The lowest BCUT2D eigenvalue weighted by Crippen LogP contribution is -2.05. The van der Waals surface area contributed by atoms with Crippen molar-refractivity contribution < 1.29 is 9.50 Å². The molecule has 0 saturated carbocycles. The Morgan fingerprint density at radius 3 is 2.63 bits per heavy atom. The van der Waals surface area contributed by atoms with Crippen LogP contribution < -0.4 is 0 Å². The van der Waals surface area contributed by atoms with E-state index < -0.39 is 6.10 Å². The SMILES string of the molecule is CCc1ccccc1C(O)Cc1cc(F)ccc1Br. The third kappa shape index (κ3) is 3.43. The summed E-state index contributed by atoms with van der Waals surface area (Å²) < 4.78 is 14.1. The molecule has 1 N–H and O–H groups in total. The molecule has 0 saturated heterocycles. The van der Waals surface area contributed by atoms with Gasteiger partial charge >= 0.3 is 0 Å². The average molecular weight is 323 g/mol. The second kappa shape index (κ2) is 6.31. The highest BCUT2D eigenvalue weighted by molar-refractivity contribution is 9.10. The van der Waals surface area contributed by atoms with Gasteiger partial charge in [-0.05, 0) is 41.3 Å². The molecule has 3 heteroatoms. The van der Waals surface area contributed by atoms with Gasteiger partial charge in [0.15, 0.2) is 0 Å². The molecule has 1 nitrogen and oxygen atoms in total. The molecular formula is C16H16BrFO. The second-order valence-electron chi connectivity index (χ2n) is 4.51. The number of aliphatic hydroxyl groups is 1. The van der Waals surface area contributed by atoms with Crippen molar-refractivity contribution in [3.63, 3.8) is 0 Å². The van der Waals surface area contributed by atoms with Gasteiger partial charge in [0.05, 0.1) is 6.10 Å². The van der Waals surface area contributed by atoms with Crippen LogP contribution in [0.25, 0.3) is 0 Å². The van der Waals surface area contributed by atoms with E-state index in [0.29, 0.717) is 6.42 Å². The van der Waals surface area contributed by atoms with Gasteiger partial charge < -0.3 is 5.11 Å². The molecule has 0 aliphatic carbocycles. The lowest BCUT2D eigenvalue weighted by molar-refractivity contribution is 0.177. The van der Waals surface area contributed by atoms with Crippen LogP contribution in [0.2, 0.25) is 0 Å². The van der Waals surface area contributed by atoms with E-state index in [9.17, 15) is 9.50 Å². The maximum absolute atomic E-state index is 13.2. The van der Waals surface area contributed by atoms with Gasteiger partial charge in [0, 0.05) is 10.9 Å². The molecule has 2 aromatic carbocycles. The zero-order valence-electron chi connectivity index (χ0n) is 10.7. The highest BCUT2D eigenvalue weighted by Crippen LogP contribution is 2.26. The largest absolute Gasteiger partial charge is 0.388 e. The molecule has 0 heterocycles. The van der Waals surface area contributed by atoms with Crippen molar-refractivity contribution in [3.05, 3.63) is 69.4 Å². The summed E-state index contributed by atoms with van der Waals surface area (Å²) in [4.78, 5) is 0. The van der Waals surface area contributed by atoms with Gasteiger partial charge in [-0.1, -0.05) is 47.1 Å². The number of hydrogen-bond donors (Lipinski definition) is 1. The van der Waals surface area contributed by atoms with Crippen LogP contribution in [-0.2, 0) is 12.8 Å². The Bertz CT molecular complexity index is 568. The quantitative estimate of drug-likeness (QED) is 0.883. The minimum Gasteiger partial charge on any atom is -0.388 e. The Hall–Kier alpha value is -1.19. The zero-order chi connectivity index (χ0) is 13.8. The van der Waals surface area contributed by atoms with E-state index >= 15 is 0 Å². The van der Waals surface area contributed by atoms with Gasteiger partial charge in [-0.15, -0.1) is 0 Å². The van der Waals surface area contributed by atoms with Crippen LogP contribution in [0.3, 0.4) is 0 Å². The second-order valence-corrected chi connectivity index (χ2v) is 5.36. The number of rotatable bonds is 4. The normalized spacial score (nSPS) is 12.4. The molecular weight excluding hydrogens is 307 g/mol. The zero-order valence-corrected chi connectivity index (χ0v) is 12.3. The number of benzene rings is 2. The minimum absolute atomic E-state index is 0.283. The molecule has 100 valence electrons. The van der Waals surface area contributed by atoms with E-state index in [0.717, 1.165) is 27.6 Å². The van der Waals surface area contributed by atoms with Crippen LogP contribution in [0.4, 0.5) is 4.39 Å². The summed E-state index contributed by atoms with van der Waals surface area (Å²) in [6.45, 7) is 2.06. The summed E-state index contributed by atoms with van der Waals surface area (Å²) in [6.07, 6.45) is 0.654. The molecule has 2 aromatic rings. The number of aliphatic hydroxyl groups excluding tert-OH is 1. The standard InChI is InChI=1S/C16H16BrFO/c1-2-11-5-3-4-6-14(11)16(19)10-12-9-13(18)7-8-15(12)17/h3-9,16,19H,2,10H2,1H3. The van der Waals surface area contributed by atoms with Crippen molar-refractivity contribution in [3.8, 4) is 0 Å². The number of hydrogen-bond acceptors (Lipinski definition) is 1. The van der Waals surface area contributed by atoms with Crippen LogP contribution in [0.5, 0.6) is 0 Å². The molecule has 19 heavy (non-hydrogen) atoms. The van der Waals surface area contributed by atoms with Crippen molar-refractivity contribution >= 4 is 15.9 Å². The van der Waals surface area contributed by atoms with Crippen molar-refractivity contribution in [2.24, 2.45) is 0 Å². The van der Waals surface area contributed by atoms with Crippen LogP contribution in [0.15, 0.2) is 46.9 Å². The molecule has 0 radical (unpaired) electrons. The molecule has 0 aliphatic rings. The molecule has 0 aromatic heterocycles. The maximum Gasteiger partial charge on any atom is 0.123 e. The third-order valence-electron chi connectivity index (χ3n) is 3.22. The van der Waals surface area contributed by atoms with Crippen LogP contribution in [0.1, 0.15) is 29.7 Å². The van der Waals surface area contributed by atoms with E-state index in [1.165, 1.54) is 12.1 Å². The van der Waals surface area contributed by atoms with E-state index in [4.69, 9.17) is 0 Å². The molecule has 0 spiro atoms. The predicted octanol–water partition coefficient (Wildman–Crippen LogP) is 4.43. The number of halogens is 2. The average Bonchev–Trinajstić information content (AvgIpc) is 2.42. The van der Waals surface area contributed by atoms with Crippen LogP contribution in [0, 0.1) is 5.82 Å². The summed E-state index contributed by atoms with van der Waals surface area (Å²) in [5.41, 5.74) is 2.82. The van der Waals surface area contributed by atoms with Gasteiger partial charge in [-0.25, -0.2) is 4.39 Å². The van der Waals surface area contributed by atoms with Gasteiger partial charge in [0.1, 0.15) is 5.82 Å². The lowest BCUT2D eigenvalue weighted by atomic mass is 9.96. The Morgan fingerprint density at radius 1 is 1.16 bits per heavy atom. The van der Waals surface area contributed by atoms with E-state index in [1.54, 1.807) is 6.07 Å². The Labute approximate surface area is 121 Å². The first-order valence-electron chi connectivity index (χ1n) is 6.31. The number of aryl methyl sites for hydroxylation is 1. The van der Waals surface area contributed by atoms with Crippen LogP contribution >= 0.6 is 15.9 Å². The van der Waals surface area contributed by atoms with Crippen LogP contribution in [-0.4, -0.2) is 5.11 Å². The van der Waals surface area contributed by atoms with Crippen molar-refractivity contribution in [1.29, 1.82) is 0 Å². The smallest absolute Gasteiger partial charge is 0.123 e. The molecule has 0 fully saturated rings. The highest BCUT2D eigenvalue weighted by atomic mass is 79.9. The fourth-order valence-electron chi connectivity index (χ4n) is 2.20. The first-order valence-corrected chi connectivity index (χ1v) is 7.11. The van der Waals surface area contributed by atoms with Crippen molar-refractivity contribution in [2.75, 3.05) is 0 Å². The van der Waals surface area contributed by atoms with E-state index in [-0.39, 0.29) is 5.82 Å². The molecule has 1 unspecified atom stereocenters. The first kappa shape index (κ1) is 14.2. The first-order chi connectivity index (χ1) is 9.11. The fourth-order valence-corrected chi connectivity index (χ4v) is 2.61. The van der Waals surface area contributed by atoms with Gasteiger partial charge in [-0.3, -0.25) is 0 Å². The summed E-state index contributed by atoms with van der Waals surface area (Å²) in [7, 11) is 0. The fraction of sp³-hybridized carbons (Fsp3) is 0.250. The highest BCUT2D eigenvalue weighted by Gasteiger charge is 2.14. The molecule has 0 bridgehead atoms. The van der Waals surface area contributed by atoms with Gasteiger partial charge in [-0.2, -0.15) is 0 Å². The summed E-state index contributed by atoms with van der Waals surface area (Å²) in [5.74, 6) is -0.283. The lowest BCUT2D eigenvalue weighted by Gasteiger charge is -2.15. The Morgan fingerprint density at radius 2 is 1.89 bits per heavy atom. The van der Waals surface area contributed by atoms with Gasteiger partial charge in [0.25, 0.3) is 0 Å². The monoisotopic (exact) mass is 322 g/mol. The maximum atomic E-state index is 13.2. The Balaban J connectivity index is 2.25.